The molecule has 11 nitrogen and oxygen atoms in total. The van der Waals surface area contributed by atoms with Crippen LogP contribution in [0.15, 0.2) is 41.4 Å². The number of carbonyl (C=O) groups is 3. The van der Waals surface area contributed by atoms with E-state index >= 15 is 0 Å². The molecule has 156 valence electrons. The van der Waals surface area contributed by atoms with Gasteiger partial charge in [-0.25, -0.2) is 9.79 Å². The molecule has 2 atom stereocenters. The summed E-state index contributed by atoms with van der Waals surface area (Å²) in [5, 5.41) is 42.3. The van der Waals surface area contributed by atoms with Crippen molar-refractivity contribution < 1.29 is 39.5 Å². The molecule has 1 heterocycles. The number of para-hydroxylation sites is 2. The topological polar surface area (TPSA) is 178 Å². The van der Waals surface area contributed by atoms with Gasteiger partial charge >= 0.3 is 6.03 Å². The summed E-state index contributed by atoms with van der Waals surface area (Å²) in [7, 11) is 0. The number of amides is 4. The molecule has 2 aromatic carbocycles. The van der Waals surface area contributed by atoms with Gasteiger partial charge in [0.25, 0.3) is 11.8 Å². The van der Waals surface area contributed by atoms with Crippen LogP contribution in [0.4, 0.5) is 4.79 Å². The highest BCUT2D eigenvalue weighted by atomic mass is 16.5. The Kier molecular flexibility index (Phi) is 5.45. The minimum absolute atomic E-state index is 0.0659. The van der Waals surface area contributed by atoms with Crippen molar-refractivity contribution in [2.24, 2.45) is 4.99 Å². The molecule has 0 aliphatic carbocycles. The number of phenolic OH excluding ortho intramolecular Hbond substituents is 4. The van der Waals surface area contributed by atoms with Crippen LogP contribution in [0.25, 0.3) is 0 Å². The van der Waals surface area contributed by atoms with Crippen LogP contribution in [0.5, 0.6) is 23.0 Å². The van der Waals surface area contributed by atoms with E-state index in [0.717, 1.165) is 6.07 Å². The third kappa shape index (κ3) is 3.94. The average molecular weight is 415 g/mol. The van der Waals surface area contributed by atoms with Gasteiger partial charge in [0, 0.05) is 0 Å². The number of ether oxygens (including phenoxy) is 1. The summed E-state index contributed by atoms with van der Waals surface area (Å²) in [5.74, 6) is -4.16. The lowest BCUT2D eigenvalue weighted by molar-refractivity contribution is -0.122. The van der Waals surface area contributed by atoms with Gasteiger partial charge in [-0.05, 0) is 31.2 Å². The fourth-order valence-electron chi connectivity index (χ4n) is 2.71. The quantitative estimate of drug-likeness (QED) is 0.397. The number of nitrogens with zero attached hydrogens (tertiary/aromatic N) is 1. The number of imide groups is 2. The van der Waals surface area contributed by atoms with Gasteiger partial charge in [0.2, 0.25) is 5.90 Å². The predicted octanol–water partition coefficient (Wildman–Crippen LogP) is 0.709. The van der Waals surface area contributed by atoms with Crippen molar-refractivity contribution in [3.05, 3.63) is 47.5 Å². The molecule has 1 aliphatic rings. The van der Waals surface area contributed by atoms with Crippen LogP contribution in [0, 0.1) is 0 Å². The minimum Gasteiger partial charge on any atom is -0.504 e. The van der Waals surface area contributed by atoms with Gasteiger partial charge in [0.15, 0.2) is 29.0 Å². The van der Waals surface area contributed by atoms with Crippen LogP contribution in [0.2, 0.25) is 0 Å². The number of carbonyl (C=O) groups excluding carboxylic acids is 3. The van der Waals surface area contributed by atoms with Gasteiger partial charge in [-0.1, -0.05) is 12.1 Å². The van der Waals surface area contributed by atoms with Crippen LogP contribution in [0.3, 0.4) is 0 Å². The first-order valence-corrected chi connectivity index (χ1v) is 8.62. The molecule has 0 spiro atoms. The maximum atomic E-state index is 12.4. The molecule has 3 rings (SSSR count). The van der Waals surface area contributed by atoms with Crippen LogP contribution >= 0.6 is 0 Å². The number of nitrogens with one attached hydrogen (secondary N) is 2. The Labute approximate surface area is 169 Å². The Morgan fingerprint density at radius 1 is 0.933 bits per heavy atom. The second kappa shape index (κ2) is 7.99. The molecule has 0 radical (unpaired) electrons. The summed E-state index contributed by atoms with van der Waals surface area (Å²) in [6.07, 6.45) is -0.805. The van der Waals surface area contributed by atoms with E-state index in [4.69, 9.17) is 4.74 Å². The molecule has 6 N–H and O–H groups in total. The lowest BCUT2D eigenvalue weighted by Crippen LogP contribution is -2.47. The SMILES string of the molecule is CC1OC(c2cccc(O)c2O)=N[C@@H]1C(=O)NC(=O)NC(=O)c1cccc(O)c1O. The highest BCUT2D eigenvalue weighted by Gasteiger charge is 2.35. The minimum atomic E-state index is -1.18. The second-order valence-electron chi connectivity index (χ2n) is 6.32. The van der Waals surface area contributed by atoms with E-state index in [1.165, 1.54) is 37.3 Å². The zero-order valence-electron chi connectivity index (χ0n) is 15.5. The molecule has 0 bridgehead atoms. The average Bonchev–Trinajstić information content (AvgIpc) is 3.07. The van der Waals surface area contributed by atoms with Gasteiger partial charge < -0.3 is 25.2 Å². The molecule has 11 heteroatoms. The molecule has 0 saturated carbocycles. The number of aromatic hydroxyl groups is 4. The van der Waals surface area contributed by atoms with Crippen molar-refractivity contribution in [2.75, 3.05) is 0 Å². The van der Waals surface area contributed by atoms with E-state index in [-0.39, 0.29) is 17.0 Å². The number of benzene rings is 2. The maximum absolute atomic E-state index is 12.4. The standard InChI is InChI=1S/C19H17N3O8/c1-8-13(20-18(30-8)10-5-3-7-12(24)15(10)26)17(28)22-19(29)21-16(27)9-4-2-6-11(23)14(9)25/h2-8,13,23-26H,1H3,(H2,21,22,27,28,29)/t8?,13-/m0/s1. The molecule has 1 aliphatic heterocycles. The van der Waals surface area contributed by atoms with Crippen molar-refractivity contribution in [3.8, 4) is 23.0 Å². The van der Waals surface area contributed by atoms with E-state index in [2.05, 4.69) is 4.99 Å². The number of urea groups is 1. The number of hydrogen-bond donors (Lipinski definition) is 6. The number of hydrogen-bond acceptors (Lipinski definition) is 9. The third-order valence-electron chi connectivity index (χ3n) is 4.24. The number of rotatable bonds is 3. The highest BCUT2D eigenvalue weighted by molar-refractivity contribution is 6.10. The van der Waals surface area contributed by atoms with Crippen molar-refractivity contribution in [1.82, 2.24) is 10.6 Å². The normalized spacial score (nSPS) is 17.6. The van der Waals surface area contributed by atoms with E-state index in [0.29, 0.717) is 0 Å². The van der Waals surface area contributed by atoms with Gasteiger partial charge in [0.1, 0.15) is 6.10 Å². The molecular weight excluding hydrogens is 398 g/mol. The molecule has 4 amide bonds. The highest BCUT2D eigenvalue weighted by Crippen LogP contribution is 2.31. The van der Waals surface area contributed by atoms with Crippen molar-refractivity contribution in [3.63, 3.8) is 0 Å². The molecule has 30 heavy (non-hydrogen) atoms. The summed E-state index contributed by atoms with van der Waals surface area (Å²) in [4.78, 5) is 40.4. The lowest BCUT2D eigenvalue weighted by atomic mass is 10.1. The summed E-state index contributed by atoms with van der Waals surface area (Å²) in [6.45, 7) is 1.51. The summed E-state index contributed by atoms with van der Waals surface area (Å²) in [5.41, 5.74) is -0.300. The lowest BCUT2D eigenvalue weighted by Gasteiger charge is -2.13. The maximum Gasteiger partial charge on any atom is 0.328 e. The Morgan fingerprint density at radius 3 is 2.27 bits per heavy atom. The zero-order chi connectivity index (χ0) is 22.0. The Hall–Kier alpha value is -4.28. The first-order valence-electron chi connectivity index (χ1n) is 8.62. The monoisotopic (exact) mass is 415 g/mol. The van der Waals surface area contributed by atoms with Gasteiger partial charge in [-0.15, -0.1) is 0 Å². The zero-order valence-corrected chi connectivity index (χ0v) is 15.5. The van der Waals surface area contributed by atoms with E-state index in [1.54, 1.807) is 0 Å². The van der Waals surface area contributed by atoms with Gasteiger partial charge in [-0.2, -0.15) is 0 Å². The molecule has 2 aromatic rings. The fourth-order valence-corrected chi connectivity index (χ4v) is 2.71. The van der Waals surface area contributed by atoms with Crippen molar-refractivity contribution in [2.45, 2.75) is 19.1 Å². The predicted molar refractivity (Wildman–Crippen MR) is 101 cm³/mol. The van der Waals surface area contributed by atoms with Crippen LogP contribution in [-0.4, -0.2) is 56.3 Å². The van der Waals surface area contributed by atoms with Gasteiger partial charge in [0.05, 0.1) is 11.1 Å². The van der Waals surface area contributed by atoms with E-state index in [9.17, 15) is 34.8 Å². The Balaban J connectivity index is 1.68. The van der Waals surface area contributed by atoms with Crippen molar-refractivity contribution in [1.29, 1.82) is 0 Å². The summed E-state index contributed by atoms with van der Waals surface area (Å²) >= 11 is 0. The fraction of sp³-hybridized carbons (Fsp3) is 0.158. The Morgan fingerprint density at radius 2 is 1.57 bits per heavy atom. The molecule has 0 fully saturated rings. The smallest absolute Gasteiger partial charge is 0.328 e. The first kappa shape index (κ1) is 20.5. The van der Waals surface area contributed by atoms with Gasteiger partial charge in [-0.3, -0.25) is 20.2 Å². The number of phenols is 4. The first-order chi connectivity index (χ1) is 14.2. The van der Waals surface area contributed by atoms with Crippen LogP contribution in [0.1, 0.15) is 22.8 Å². The molecular formula is C19H17N3O8. The summed E-state index contributed by atoms with van der Waals surface area (Å²) < 4.78 is 5.44. The van der Waals surface area contributed by atoms with Crippen LogP contribution in [-0.2, 0) is 9.53 Å². The molecule has 1 unspecified atom stereocenters. The van der Waals surface area contributed by atoms with Crippen LogP contribution < -0.4 is 10.6 Å². The van der Waals surface area contributed by atoms with E-state index in [1.807, 2.05) is 10.6 Å². The largest absolute Gasteiger partial charge is 0.504 e. The summed E-state index contributed by atoms with van der Waals surface area (Å²) in [6, 6.07) is 5.39. The third-order valence-corrected chi connectivity index (χ3v) is 4.24. The number of aliphatic imine (C=N–C) groups is 1. The molecule has 0 aromatic heterocycles. The van der Waals surface area contributed by atoms with E-state index < -0.39 is 53.0 Å². The van der Waals surface area contributed by atoms with Crippen molar-refractivity contribution >= 4 is 23.7 Å². The Bertz CT molecular complexity index is 1070. The molecule has 0 saturated heterocycles. The second-order valence-corrected chi connectivity index (χ2v) is 6.32.